The lowest BCUT2D eigenvalue weighted by Gasteiger charge is -2.17. The Hall–Kier alpha value is -0.560. The molecule has 0 amide bonds. The second-order valence-electron chi connectivity index (χ2n) is 3.64. The summed E-state index contributed by atoms with van der Waals surface area (Å²) in [6.45, 7) is 3.16. The summed E-state index contributed by atoms with van der Waals surface area (Å²) in [4.78, 5) is 0. The molecule has 0 saturated carbocycles. The topological polar surface area (TPSA) is 9.23 Å². The van der Waals surface area contributed by atoms with E-state index >= 15 is 0 Å². The van der Waals surface area contributed by atoms with Gasteiger partial charge in [0.15, 0.2) is 0 Å². The molecule has 1 saturated heterocycles. The van der Waals surface area contributed by atoms with Crippen LogP contribution in [0.15, 0.2) is 23.8 Å². The van der Waals surface area contributed by atoms with E-state index in [1.807, 2.05) is 0 Å². The molecular weight excluding hydrogens is 148 g/mol. The van der Waals surface area contributed by atoms with Crippen LogP contribution in [0.25, 0.3) is 0 Å². The van der Waals surface area contributed by atoms with Gasteiger partial charge in [0, 0.05) is 12.5 Å². The minimum Gasteiger partial charge on any atom is -0.373 e. The molecule has 0 aromatic heterocycles. The number of hydrogen-bond acceptors (Lipinski definition) is 1. The largest absolute Gasteiger partial charge is 0.373 e. The molecule has 1 aliphatic carbocycles. The lowest BCUT2D eigenvalue weighted by atomic mass is 9.92. The molecule has 1 heteroatoms. The highest BCUT2D eigenvalue weighted by Gasteiger charge is 2.26. The SMILES string of the molecule is CCCC1=CC2OCCC2C=C1. The van der Waals surface area contributed by atoms with Crippen molar-refractivity contribution in [3.05, 3.63) is 23.8 Å². The van der Waals surface area contributed by atoms with E-state index in [4.69, 9.17) is 4.74 Å². The van der Waals surface area contributed by atoms with Crippen molar-refractivity contribution in [1.29, 1.82) is 0 Å². The van der Waals surface area contributed by atoms with Crippen molar-refractivity contribution in [2.45, 2.75) is 32.3 Å². The van der Waals surface area contributed by atoms with E-state index < -0.39 is 0 Å². The lowest BCUT2D eigenvalue weighted by molar-refractivity contribution is 0.134. The third kappa shape index (κ3) is 1.46. The minimum absolute atomic E-state index is 0.400. The Morgan fingerprint density at radius 1 is 1.58 bits per heavy atom. The van der Waals surface area contributed by atoms with Crippen LogP contribution in [-0.4, -0.2) is 12.7 Å². The Labute approximate surface area is 74.1 Å². The maximum Gasteiger partial charge on any atom is 0.0824 e. The average molecular weight is 164 g/mol. The van der Waals surface area contributed by atoms with Crippen LogP contribution in [0.4, 0.5) is 0 Å². The molecule has 1 nitrogen and oxygen atoms in total. The van der Waals surface area contributed by atoms with Crippen molar-refractivity contribution in [2.75, 3.05) is 6.61 Å². The first-order chi connectivity index (χ1) is 5.90. The molecular formula is C11H16O. The number of rotatable bonds is 2. The third-order valence-electron chi connectivity index (χ3n) is 2.66. The quantitative estimate of drug-likeness (QED) is 0.609. The van der Waals surface area contributed by atoms with Gasteiger partial charge in [-0.25, -0.2) is 0 Å². The predicted molar refractivity (Wildman–Crippen MR) is 50.0 cm³/mol. The van der Waals surface area contributed by atoms with Gasteiger partial charge in [-0.15, -0.1) is 0 Å². The van der Waals surface area contributed by atoms with E-state index in [-0.39, 0.29) is 0 Å². The molecule has 0 aromatic carbocycles. The van der Waals surface area contributed by atoms with Gasteiger partial charge in [0.1, 0.15) is 0 Å². The molecule has 2 rings (SSSR count). The van der Waals surface area contributed by atoms with E-state index in [1.165, 1.54) is 24.8 Å². The first kappa shape index (κ1) is 8.06. The summed E-state index contributed by atoms with van der Waals surface area (Å²) in [5.41, 5.74) is 1.46. The van der Waals surface area contributed by atoms with Crippen molar-refractivity contribution in [1.82, 2.24) is 0 Å². The number of ether oxygens (including phenoxy) is 1. The van der Waals surface area contributed by atoms with Crippen LogP contribution in [0.5, 0.6) is 0 Å². The van der Waals surface area contributed by atoms with E-state index in [0.717, 1.165) is 6.61 Å². The Morgan fingerprint density at radius 3 is 3.33 bits per heavy atom. The fraction of sp³-hybridized carbons (Fsp3) is 0.636. The van der Waals surface area contributed by atoms with Crippen molar-refractivity contribution in [3.63, 3.8) is 0 Å². The molecule has 1 aliphatic heterocycles. The average Bonchev–Trinajstić information content (AvgIpc) is 2.51. The number of fused-ring (bicyclic) bond motifs is 1. The fourth-order valence-corrected chi connectivity index (χ4v) is 1.97. The molecule has 2 atom stereocenters. The molecule has 2 aliphatic rings. The zero-order valence-corrected chi connectivity index (χ0v) is 7.62. The van der Waals surface area contributed by atoms with Gasteiger partial charge >= 0.3 is 0 Å². The molecule has 0 N–H and O–H groups in total. The van der Waals surface area contributed by atoms with Crippen LogP contribution in [0.1, 0.15) is 26.2 Å². The third-order valence-corrected chi connectivity index (χ3v) is 2.66. The smallest absolute Gasteiger partial charge is 0.0824 e. The Morgan fingerprint density at radius 2 is 2.50 bits per heavy atom. The van der Waals surface area contributed by atoms with Crippen LogP contribution in [0.3, 0.4) is 0 Å². The Bertz CT molecular complexity index is 215. The van der Waals surface area contributed by atoms with Crippen molar-refractivity contribution < 1.29 is 4.74 Å². The van der Waals surface area contributed by atoms with E-state index in [2.05, 4.69) is 25.2 Å². The fourth-order valence-electron chi connectivity index (χ4n) is 1.97. The first-order valence-electron chi connectivity index (χ1n) is 4.90. The highest BCUT2D eigenvalue weighted by molar-refractivity contribution is 5.27. The second kappa shape index (κ2) is 3.44. The zero-order chi connectivity index (χ0) is 8.39. The normalized spacial score (nSPS) is 33.2. The summed E-state index contributed by atoms with van der Waals surface area (Å²) in [7, 11) is 0. The molecule has 2 unspecified atom stereocenters. The monoisotopic (exact) mass is 164 g/mol. The van der Waals surface area contributed by atoms with E-state index in [9.17, 15) is 0 Å². The van der Waals surface area contributed by atoms with Crippen molar-refractivity contribution >= 4 is 0 Å². The van der Waals surface area contributed by atoms with Gasteiger partial charge in [0.05, 0.1) is 6.10 Å². The van der Waals surface area contributed by atoms with Crippen LogP contribution < -0.4 is 0 Å². The van der Waals surface area contributed by atoms with Gasteiger partial charge < -0.3 is 4.74 Å². The summed E-state index contributed by atoms with van der Waals surface area (Å²) >= 11 is 0. The molecule has 0 bridgehead atoms. The van der Waals surface area contributed by atoms with Gasteiger partial charge in [0.25, 0.3) is 0 Å². The summed E-state index contributed by atoms with van der Waals surface area (Å²) in [6.07, 6.45) is 10.9. The maximum absolute atomic E-state index is 5.61. The summed E-state index contributed by atoms with van der Waals surface area (Å²) < 4.78 is 5.61. The summed E-state index contributed by atoms with van der Waals surface area (Å²) in [6, 6.07) is 0. The van der Waals surface area contributed by atoms with Crippen LogP contribution >= 0.6 is 0 Å². The Balaban J connectivity index is 2.05. The maximum atomic E-state index is 5.61. The summed E-state index contributed by atoms with van der Waals surface area (Å²) in [5.74, 6) is 0.672. The number of allylic oxidation sites excluding steroid dienone is 2. The zero-order valence-electron chi connectivity index (χ0n) is 7.62. The van der Waals surface area contributed by atoms with E-state index in [0.29, 0.717) is 12.0 Å². The van der Waals surface area contributed by atoms with Crippen LogP contribution in [0, 0.1) is 5.92 Å². The molecule has 0 spiro atoms. The van der Waals surface area contributed by atoms with Crippen molar-refractivity contribution in [2.24, 2.45) is 5.92 Å². The van der Waals surface area contributed by atoms with Crippen molar-refractivity contribution in [3.8, 4) is 0 Å². The molecule has 1 fully saturated rings. The van der Waals surface area contributed by atoms with Gasteiger partial charge in [-0.1, -0.05) is 31.6 Å². The van der Waals surface area contributed by atoms with E-state index in [1.54, 1.807) is 0 Å². The highest BCUT2D eigenvalue weighted by Crippen LogP contribution is 2.29. The molecule has 0 aromatic rings. The molecule has 12 heavy (non-hydrogen) atoms. The molecule has 66 valence electrons. The van der Waals surface area contributed by atoms with Gasteiger partial charge in [0.2, 0.25) is 0 Å². The second-order valence-corrected chi connectivity index (χ2v) is 3.64. The number of hydrogen-bond donors (Lipinski definition) is 0. The Kier molecular flexibility index (Phi) is 2.31. The lowest BCUT2D eigenvalue weighted by Crippen LogP contribution is -2.14. The summed E-state index contributed by atoms with van der Waals surface area (Å²) in [5, 5.41) is 0. The molecule has 0 radical (unpaired) electrons. The highest BCUT2D eigenvalue weighted by atomic mass is 16.5. The molecule has 1 heterocycles. The first-order valence-corrected chi connectivity index (χ1v) is 4.90. The predicted octanol–water partition coefficient (Wildman–Crippen LogP) is 2.69. The van der Waals surface area contributed by atoms with Crippen LogP contribution in [0.2, 0.25) is 0 Å². The standard InChI is InChI=1S/C11H16O/c1-2-3-9-4-5-10-6-7-12-11(10)8-9/h4-5,8,10-11H,2-3,6-7H2,1H3. The van der Waals surface area contributed by atoms with Gasteiger partial charge in [-0.3, -0.25) is 0 Å². The van der Waals surface area contributed by atoms with Crippen LogP contribution in [-0.2, 0) is 4.74 Å². The van der Waals surface area contributed by atoms with Gasteiger partial charge in [-0.05, 0) is 18.4 Å². The minimum atomic E-state index is 0.400. The van der Waals surface area contributed by atoms with Gasteiger partial charge in [-0.2, -0.15) is 0 Å².